The Labute approximate surface area is 150 Å². The highest BCUT2D eigenvalue weighted by atomic mass is 35.5. The van der Waals surface area contributed by atoms with Crippen LogP contribution in [0.3, 0.4) is 0 Å². The zero-order chi connectivity index (χ0) is 18.6. The van der Waals surface area contributed by atoms with E-state index in [9.17, 15) is 15.3 Å². The van der Waals surface area contributed by atoms with Crippen LogP contribution in [0.15, 0.2) is 46.8 Å². The van der Waals surface area contributed by atoms with E-state index in [1.807, 2.05) is 0 Å². The summed E-state index contributed by atoms with van der Waals surface area (Å²) < 4.78 is 5.14. The number of allylic oxidation sites excluding steroid dienone is 3. The van der Waals surface area contributed by atoms with Crippen LogP contribution in [0.5, 0.6) is 0 Å². The van der Waals surface area contributed by atoms with Crippen molar-refractivity contribution in [3.63, 3.8) is 0 Å². The molecule has 0 unspecified atom stereocenters. The fraction of sp³-hybridized carbons (Fsp3) is 0.294. The molecule has 7 nitrogen and oxygen atoms in total. The van der Waals surface area contributed by atoms with E-state index in [-0.39, 0.29) is 29.0 Å². The number of rotatable bonds is 5. The van der Waals surface area contributed by atoms with Gasteiger partial charge in [-0.15, -0.1) is 11.6 Å². The van der Waals surface area contributed by atoms with Gasteiger partial charge < -0.3 is 20.5 Å². The van der Waals surface area contributed by atoms with Gasteiger partial charge in [-0.25, -0.2) is 4.79 Å². The van der Waals surface area contributed by atoms with E-state index >= 15 is 0 Å². The molecule has 0 fully saturated rings. The van der Waals surface area contributed by atoms with Crippen LogP contribution in [-0.4, -0.2) is 23.7 Å². The van der Waals surface area contributed by atoms with Gasteiger partial charge in [-0.2, -0.15) is 5.26 Å². The Hall–Kier alpha value is -2.53. The fourth-order valence-corrected chi connectivity index (χ4v) is 2.86. The zero-order valence-corrected chi connectivity index (χ0v) is 14.5. The van der Waals surface area contributed by atoms with Crippen LogP contribution >= 0.6 is 11.6 Å². The van der Waals surface area contributed by atoms with Crippen molar-refractivity contribution in [2.24, 2.45) is 0 Å². The van der Waals surface area contributed by atoms with Crippen molar-refractivity contribution < 1.29 is 14.7 Å². The molecule has 1 aliphatic rings. The quantitative estimate of drug-likeness (QED) is 0.471. The largest absolute Gasteiger partial charge is 0.733 e. The number of hydrogen-bond acceptors (Lipinski definition) is 7. The Bertz CT molecular complexity index is 780. The summed E-state index contributed by atoms with van der Waals surface area (Å²) in [7, 11) is 0. The first kappa shape index (κ1) is 18.8. The Morgan fingerprint density at radius 1 is 1.48 bits per heavy atom. The molecule has 0 radical (unpaired) electrons. The molecule has 8 heteroatoms. The van der Waals surface area contributed by atoms with Crippen LogP contribution in [-0.2, 0) is 9.53 Å². The summed E-state index contributed by atoms with van der Waals surface area (Å²) in [5.41, 5.74) is 2.26. The van der Waals surface area contributed by atoms with E-state index in [1.54, 1.807) is 26.0 Å². The van der Waals surface area contributed by atoms with Crippen molar-refractivity contribution in [3.8, 4) is 6.07 Å². The molecule has 0 bridgehead atoms. The van der Waals surface area contributed by atoms with Crippen LogP contribution in [0.2, 0.25) is 0 Å². The summed E-state index contributed by atoms with van der Waals surface area (Å²) in [6.45, 7) is 3.48. The summed E-state index contributed by atoms with van der Waals surface area (Å²) in [4.78, 5) is 12.5. The summed E-state index contributed by atoms with van der Waals surface area (Å²) in [6.07, 6.45) is 0. The van der Waals surface area contributed by atoms with Crippen LogP contribution in [0.25, 0.3) is 0 Å². The second kappa shape index (κ2) is 8.03. The monoisotopic (exact) mass is 362 g/mol. The summed E-state index contributed by atoms with van der Waals surface area (Å²) in [6, 6.07) is 8.19. The second-order valence-corrected chi connectivity index (χ2v) is 5.82. The second-order valence-electron chi connectivity index (χ2n) is 5.44. The predicted molar refractivity (Wildman–Crippen MR) is 92.6 cm³/mol. The third kappa shape index (κ3) is 3.94. The minimum atomic E-state index is -0.714. The number of nitriles is 1. The highest BCUT2D eigenvalue weighted by Crippen LogP contribution is 2.39. The van der Waals surface area contributed by atoms with E-state index in [2.05, 4.69) is 11.4 Å². The van der Waals surface area contributed by atoms with Crippen LogP contribution in [0.1, 0.15) is 25.3 Å². The Kier molecular flexibility index (Phi) is 6.04. The number of benzene rings is 1. The summed E-state index contributed by atoms with van der Waals surface area (Å²) in [5, 5.41) is 32.6. The molecule has 0 spiro atoms. The number of carbonyl (C=O) groups is 1. The van der Waals surface area contributed by atoms with Gasteiger partial charge in [0, 0.05) is 11.4 Å². The number of hydrogen-bond donors (Lipinski definition) is 2. The number of halogens is 1. The SMILES string of the molecule is CC1=C(C#N)[C@@H](c2cccc(N([O-])O)c2)C(C(=O)OCCCl)=C(C)N1. The van der Waals surface area contributed by atoms with Gasteiger partial charge in [-0.05, 0) is 31.5 Å². The normalized spacial score (nSPS) is 17.0. The molecule has 0 aromatic heterocycles. The first-order valence-corrected chi connectivity index (χ1v) is 8.02. The molecule has 2 N–H and O–H groups in total. The topological polar surface area (TPSA) is 109 Å². The molecule has 1 heterocycles. The number of dihydropyridines is 1. The van der Waals surface area contributed by atoms with E-state index in [1.165, 1.54) is 12.1 Å². The number of ether oxygens (including phenoxy) is 1. The minimum absolute atomic E-state index is 0.00268. The Morgan fingerprint density at radius 3 is 2.80 bits per heavy atom. The molecule has 1 aromatic rings. The summed E-state index contributed by atoms with van der Waals surface area (Å²) in [5.74, 6) is -1.15. The molecule has 1 aliphatic heterocycles. The van der Waals surface area contributed by atoms with Crippen LogP contribution < -0.4 is 10.5 Å². The third-order valence-corrected chi connectivity index (χ3v) is 3.99. The lowest BCUT2D eigenvalue weighted by Gasteiger charge is -2.29. The number of anilines is 1. The van der Waals surface area contributed by atoms with Crippen molar-refractivity contribution in [1.82, 2.24) is 5.32 Å². The van der Waals surface area contributed by atoms with Crippen LogP contribution in [0.4, 0.5) is 5.69 Å². The van der Waals surface area contributed by atoms with E-state index in [0.717, 1.165) is 0 Å². The molecule has 0 saturated heterocycles. The van der Waals surface area contributed by atoms with Crippen molar-refractivity contribution in [2.45, 2.75) is 19.8 Å². The lowest BCUT2D eigenvalue weighted by molar-refractivity contribution is -0.138. The molecular formula is C17H17ClN3O4-. The van der Waals surface area contributed by atoms with E-state index in [0.29, 0.717) is 22.5 Å². The lowest BCUT2D eigenvalue weighted by atomic mass is 9.81. The molecule has 25 heavy (non-hydrogen) atoms. The summed E-state index contributed by atoms with van der Waals surface area (Å²) >= 11 is 5.57. The molecule has 1 aromatic carbocycles. The van der Waals surface area contributed by atoms with Crippen molar-refractivity contribution in [1.29, 1.82) is 5.26 Å². The Morgan fingerprint density at radius 2 is 2.20 bits per heavy atom. The first-order chi connectivity index (χ1) is 11.9. The smallest absolute Gasteiger partial charge is 0.336 e. The predicted octanol–water partition coefficient (Wildman–Crippen LogP) is 2.92. The zero-order valence-electron chi connectivity index (χ0n) is 13.7. The standard InChI is InChI=1S/C17H17ClN3O4/c1-10-14(9-19)16(12-4-3-5-13(8-12)21(23)24)15(11(2)20-10)17(22)25-7-6-18/h3-5,8,16,20,23H,6-7H2,1-2H3/q-1/t16-/m1/s1. The molecule has 0 saturated carbocycles. The average Bonchev–Trinajstić information content (AvgIpc) is 2.59. The van der Waals surface area contributed by atoms with Gasteiger partial charge in [0.05, 0.1) is 34.7 Å². The van der Waals surface area contributed by atoms with E-state index < -0.39 is 11.9 Å². The third-order valence-electron chi connectivity index (χ3n) is 3.84. The van der Waals surface area contributed by atoms with Crippen LogP contribution in [0, 0.1) is 16.5 Å². The molecular weight excluding hydrogens is 346 g/mol. The molecule has 2 rings (SSSR count). The highest BCUT2D eigenvalue weighted by Gasteiger charge is 2.34. The number of esters is 1. The number of carbonyl (C=O) groups excluding carboxylic acids is 1. The van der Waals surface area contributed by atoms with Gasteiger partial charge in [0.25, 0.3) is 0 Å². The maximum absolute atomic E-state index is 12.5. The number of nitrogens with zero attached hydrogens (tertiary/aromatic N) is 2. The highest BCUT2D eigenvalue weighted by molar-refractivity contribution is 6.18. The molecule has 1 atom stereocenters. The molecule has 132 valence electrons. The molecule has 0 amide bonds. The average molecular weight is 363 g/mol. The fourth-order valence-electron chi connectivity index (χ4n) is 2.78. The van der Waals surface area contributed by atoms with Gasteiger partial charge >= 0.3 is 5.97 Å². The number of alkyl halides is 1. The first-order valence-electron chi connectivity index (χ1n) is 7.48. The van der Waals surface area contributed by atoms with Gasteiger partial charge in [0.1, 0.15) is 6.61 Å². The molecule has 0 aliphatic carbocycles. The van der Waals surface area contributed by atoms with Gasteiger partial charge in [0.2, 0.25) is 0 Å². The van der Waals surface area contributed by atoms with Crippen molar-refractivity contribution >= 4 is 23.3 Å². The Balaban J connectivity index is 2.57. The van der Waals surface area contributed by atoms with Gasteiger partial charge in [-0.3, -0.25) is 5.21 Å². The number of nitrogens with one attached hydrogen (secondary N) is 1. The maximum Gasteiger partial charge on any atom is 0.336 e. The lowest BCUT2D eigenvalue weighted by Crippen LogP contribution is -2.29. The van der Waals surface area contributed by atoms with Gasteiger partial charge in [-0.1, -0.05) is 12.1 Å². The maximum atomic E-state index is 12.5. The minimum Gasteiger partial charge on any atom is -0.733 e. The van der Waals surface area contributed by atoms with E-state index in [4.69, 9.17) is 21.5 Å². The van der Waals surface area contributed by atoms with Gasteiger partial charge in [0.15, 0.2) is 0 Å². The van der Waals surface area contributed by atoms with Crippen molar-refractivity contribution in [2.75, 3.05) is 17.7 Å². The van der Waals surface area contributed by atoms with Crippen molar-refractivity contribution in [3.05, 3.63) is 57.6 Å².